The molecule has 0 radical (unpaired) electrons. The average molecular weight is 405 g/mol. The first-order valence-corrected chi connectivity index (χ1v) is 8.87. The molecule has 1 N–H and O–H groups in total. The van der Waals surface area contributed by atoms with Gasteiger partial charge in [-0.05, 0) is 37.1 Å². The summed E-state index contributed by atoms with van der Waals surface area (Å²) in [5.74, 6) is -3.00. The van der Waals surface area contributed by atoms with E-state index in [0.717, 1.165) is 19.6 Å². The van der Waals surface area contributed by atoms with Gasteiger partial charge in [0.2, 0.25) is 0 Å². The third-order valence-corrected chi connectivity index (χ3v) is 4.16. The van der Waals surface area contributed by atoms with Crippen molar-refractivity contribution >= 4 is 28.8 Å². The van der Waals surface area contributed by atoms with Gasteiger partial charge in [-0.3, -0.25) is 0 Å². The number of hydrogen-bond donors (Lipinski definition) is 1. The van der Waals surface area contributed by atoms with E-state index < -0.39 is 35.3 Å². The molecule has 29 heavy (non-hydrogen) atoms. The van der Waals surface area contributed by atoms with Gasteiger partial charge in [0, 0.05) is 0 Å². The zero-order valence-corrected chi connectivity index (χ0v) is 16.9. The number of alkyl halides is 1. The number of alkyl carbamates (subject to hydrolysis) is 1. The number of benzene rings is 2. The van der Waals surface area contributed by atoms with Crippen LogP contribution in [0.25, 0.3) is 10.8 Å². The Labute approximate surface area is 168 Å². The Kier molecular flexibility index (Phi) is 6.46. The van der Waals surface area contributed by atoms with Crippen LogP contribution in [-0.4, -0.2) is 43.5 Å². The average Bonchev–Trinajstić information content (AvgIpc) is 2.68. The Hall–Kier alpha value is -3.16. The van der Waals surface area contributed by atoms with Gasteiger partial charge in [-0.25, -0.2) is 18.8 Å². The molecule has 1 atom stereocenters. The summed E-state index contributed by atoms with van der Waals surface area (Å²) in [5, 5.41) is 3.57. The zero-order valence-electron chi connectivity index (χ0n) is 16.9. The van der Waals surface area contributed by atoms with Crippen molar-refractivity contribution in [1.82, 2.24) is 5.32 Å². The highest BCUT2D eigenvalue weighted by Gasteiger charge is 2.58. The first kappa shape index (κ1) is 22.1. The van der Waals surface area contributed by atoms with Gasteiger partial charge < -0.3 is 19.5 Å². The van der Waals surface area contributed by atoms with Crippen LogP contribution in [0.2, 0.25) is 0 Å². The molecule has 2 rings (SSSR count). The maximum atomic E-state index is 16.0. The lowest BCUT2D eigenvalue weighted by atomic mass is 9.87. The van der Waals surface area contributed by atoms with E-state index in [1.54, 1.807) is 57.2 Å². The minimum atomic E-state index is -3.34. The summed E-state index contributed by atoms with van der Waals surface area (Å²) in [6.45, 7) is 4.88. The maximum Gasteiger partial charge on any atom is 0.408 e. The van der Waals surface area contributed by atoms with E-state index in [1.807, 2.05) is 0 Å². The van der Waals surface area contributed by atoms with Gasteiger partial charge in [0.25, 0.3) is 0 Å². The fourth-order valence-corrected chi connectivity index (χ4v) is 2.94. The number of methoxy groups -OCH3 is 2. The lowest BCUT2D eigenvalue weighted by molar-refractivity contribution is -0.174. The molecule has 0 aromatic heterocycles. The van der Waals surface area contributed by atoms with Gasteiger partial charge in [0.05, 0.1) is 14.2 Å². The summed E-state index contributed by atoms with van der Waals surface area (Å²) in [7, 11) is 1.88. The topological polar surface area (TPSA) is 90.9 Å². The Morgan fingerprint density at radius 1 is 0.931 bits per heavy atom. The largest absolute Gasteiger partial charge is 0.466 e. The van der Waals surface area contributed by atoms with Gasteiger partial charge in [0.1, 0.15) is 11.6 Å². The van der Waals surface area contributed by atoms with Crippen LogP contribution in [0.15, 0.2) is 42.5 Å². The summed E-state index contributed by atoms with van der Waals surface area (Å²) in [6.07, 6.45) is -1.01. The molecule has 0 aliphatic rings. The lowest BCUT2D eigenvalue weighted by Crippen LogP contribution is -2.55. The minimum absolute atomic E-state index is 0.187. The highest BCUT2D eigenvalue weighted by molar-refractivity contribution is 6.05. The highest BCUT2D eigenvalue weighted by atomic mass is 19.1. The number of fused-ring (bicyclic) bond motifs is 1. The smallest absolute Gasteiger partial charge is 0.408 e. The molecular formula is C21H24FNO6. The van der Waals surface area contributed by atoms with Crippen LogP contribution in [0.5, 0.6) is 0 Å². The fourth-order valence-electron chi connectivity index (χ4n) is 2.94. The molecule has 0 unspecified atom stereocenters. The molecule has 156 valence electrons. The van der Waals surface area contributed by atoms with E-state index in [2.05, 4.69) is 14.8 Å². The number of carbonyl (C=O) groups excluding carboxylic acids is 3. The lowest BCUT2D eigenvalue weighted by Gasteiger charge is -2.31. The van der Waals surface area contributed by atoms with Gasteiger partial charge >= 0.3 is 23.7 Å². The summed E-state index contributed by atoms with van der Waals surface area (Å²) in [6, 6.07) is 10.1. The summed E-state index contributed by atoms with van der Waals surface area (Å²) < 4.78 is 30.3. The normalized spacial score (nSPS) is 12.8. The third-order valence-electron chi connectivity index (χ3n) is 4.16. The number of carbonyl (C=O) groups is 3. The van der Waals surface area contributed by atoms with Gasteiger partial charge in [-0.2, -0.15) is 0 Å². The molecule has 1 amide bonds. The van der Waals surface area contributed by atoms with Crippen molar-refractivity contribution in [3.05, 3.63) is 48.0 Å². The summed E-state index contributed by atoms with van der Waals surface area (Å²) in [5.41, 5.74) is -4.04. The molecule has 0 saturated heterocycles. The van der Waals surface area contributed by atoms with Crippen molar-refractivity contribution in [3.63, 3.8) is 0 Å². The molecule has 0 fully saturated rings. The molecule has 2 aromatic rings. The second-order valence-electron chi connectivity index (χ2n) is 7.34. The SMILES string of the molecule is COC(=O)C(F)(C(=O)OC)[C@@H](NC(=O)OC(C)(C)C)c1cccc2ccccc12. The van der Waals surface area contributed by atoms with Crippen molar-refractivity contribution in [2.24, 2.45) is 0 Å². The van der Waals surface area contributed by atoms with Crippen LogP contribution in [0.3, 0.4) is 0 Å². The van der Waals surface area contributed by atoms with Crippen LogP contribution in [-0.2, 0) is 23.8 Å². The molecule has 0 aliphatic carbocycles. The number of ether oxygens (including phenoxy) is 3. The van der Waals surface area contributed by atoms with Crippen LogP contribution in [0, 0.1) is 0 Å². The Morgan fingerprint density at radius 3 is 2.03 bits per heavy atom. The van der Waals surface area contributed by atoms with Crippen molar-refractivity contribution in [3.8, 4) is 0 Å². The van der Waals surface area contributed by atoms with Gasteiger partial charge in [-0.1, -0.05) is 42.5 Å². The molecule has 0 spiro atoms. The number of halogens is 1. The first-order valence-electron chi connectivity index (χ1n) is 8.87. The number of rotatable bonds is 5. The number of nitrogens with one attached hydrogen (secondary N) is 1. The predicted octanol–water partition coefficient (Wildman–Crippen LogP) is 3.46. The second kappa shape index (κ2) is 8.46. The van der Waals surface area contributed by atoms with Crippen molar-refractivity contribution in [2.75, 3.05) is 14.2 Å². The predicted molar refractivity (Wildman–Crippen MR) is 104 cm³/mol. The van der Waals surface area contributed by atoms with Crippen molar-refractivity contribution in [2.45, 2.75) is 38.1 Å². The van der Waals surface area contributed by atoms with E-state index in [1.165, 1.54) is 6.07 Å². The molecule has 7 nitrogen and oxygen atoms in total. The molecule has 0 bridgehead atoms. The van der Waals surface area contributed by atoms with E-state index in [0.29, 0.717) is 5.39 Å². The fraction of sp³-hybridized carbons (Fsp3) is 0.381. The number of esters is 2. The maximum absolute atomic E-state index is 16.0. The quantitative estimate of drug-likeness (QED) is 0.465. The zero-order chi connectivity index (χ0) is 21.8. The third kappa shape index (κ3) is 4.64. The van der Waals surface area contributed by atoms with E-state index >= 15 is 4.39 Å². The van der Waals surface area contributed by atoms with E-state index in [4.69, 9.17) is 4.74 Å². The van der Waals surface area contributed by atoms with Gasteiger partial charge in [-0.15, -0.1) is 0 Å². The number of amides is 1. The standard InChI is InChI=1S/C21H24FNO6/c1-20(2,3)29-19(26)23-16(21(22,17(24)27-4)18(25)28-5)15-12-8-10-13-9-6-7-11-14(13)15/h6-12,16H,1-5H3,(H,23,26)/t16-/m0/s1. The van der Waals surface area contributed by atoms with E-state index in [-0.39, 0.29) is 5.56 Å². The Bertz CT molecular complexity index is 900. The monoisotopic (exact) mass is 405 g/mol. The van der Waals surface area contributed by atoms with Crippen molar-refractivity contribution < 1.29 is 33.0 Å². The second-order valence-corrected chi connectivity index (χ2v) is 7.34. The molecule has 2 aromatic carbocycles. The minimum Gasteiger partial charge on any atom is -0.466 e. The van der Waals surface area contributed by atoms with E-state index in [9.17, 15) is 14.4 Å². The molecule has 0 heterocycles. The van der Waals surface area contributed by atoms with Crippen molar-refractivity contribution in [1.29, 1.82) is 0 Å². The van der Waals surface area contributed by atoms with Crippen LogP contribution in [0.4, 0.5) is 9.18 Å². The van der Waals surface area contributed by atoms with Gasteiger partial charge in [0.15, 0.2) is 0 Å². The molecule has 0 aliphatic heterocycles. The number of hydrogen-bond acceptors (Lipinski definition) is 6. The van der Waals surface area contributed by atoms with Crippen LogP contribution in [0.1, 0.15) is 32.4 Å². The highest BCUT2D eigenvalue weighted by Crippen LogP contribution is 2.36. The summed E-state index contributed by atoms with van der Waals surface area (Å²) >= 11 is 0. The molecule has 8 heteroatoms. The summed E-state index contributed by atoms with van der Waals surface area (Å²) in [4.78, 5) is 37.2. The Morgan fingerprint density at radius 2 is 1.48 bits per heavy atom. The van der Waals surface area contributed by atoms with Crippen LogP contribution < -0.4 is 5.32 Å². The Balaban J connectivity index is 2.69. The molecular weight excluding hydrogens is 381 g/mol. The first-order chi connectivity index (χ1) is 13.5. The van der Waals surface area contributed by atoms with Crippen LogP contribution >= 0.6 is 0 Å². The molecule has 0 saturated carbocycles.